The van der Waals surface area contributed by atoms with Gasteiger partial charge in [-0.15, -0.1) is 22.7 Å². The second kappa shape index (κ2) is 5.23. The first-order valence-corrected chi connectivity index (χ1v) is 8.24. The van der Waals surface area contributed by atoms with E-state index in [1.165, 1.54) is 11.3 Å². The summed E-state index contributed by atoms with van der Waals surface area (Å²) in [4.78, 5) is 29.3. The minimum absolute atomic E-state index is 0.187. The highest BCUT2D eigenvalue weighted by molar-refractivity contribution is 7.22. The largest absolute Gasteiger partial charge is 0.481 e. The smallest absolute Gasteiger partial charge is 0.311 e. The van der Waals surface area contributed by atoms with Gasteiger partial charge >= 0.3 is 5.97 Å². The predicted molar refractivity (Wildman–Crippen MR) is 81.8 cm³/mol. The maximum absolute atomic E-state index is 12.2. The Labute approximate surface area is 129 Å². The summed E-state index contributed by atoms with van der Waals surface area (Å²) in [6.07, 6.45) is 1.26. The zero-order valence-electron chi connectivity index (χ0n) is 11.4. The fourth-order valence-corrected chi connectivity index (χ4v) is 3.84. The van der Waals surface area contributed by atoms with Crippen molar-refractivity contribution in [2.24, 2.45) is 5.41 Å². The molecule has 5 nitrogen and oxygen atoms in total. The van der Waals surface area contributed by atoms with Gasteiger partial charge in [0.05, 0.1) is 16.0 Å². The van der Waals surface area contributed by atoms with Crippen LogP contribution in [0.15, 0.2) is 17.5 Å². The molecule has 1 aliphatic rings. The summed E-state index contributed by atoms with van der Waals surface area (Å²) in [5.41, 5.74) is -0.0637. The van der Waals surface area contributed by atoms with Crippen LogP contribution in [-0.4, -0.2) is 28.5 Å². The molecule has 2 heterocycles. The number of nitrogens with zero attached hydrogens (tertiary/aromatic N) is 1. The lowest BCUT2D eigenvalue weighted by Gasteiger charge is -2.10. The van der Waals surface area contributed by atoms with Gasteiger partial charge in [0.25, 0.3) is 5.91 Å². The van der Waals surface area contributed by atoms with Crippen molar-refractivity contribution < 1.29 is 14.7 Å². The number of nitrogens with one attached hydrogen (secondary N) is 1. The summed E-state index contributed by atoms with van der Waals surface area (Å²) in [5, 5.41) is 14.6. The molecule has 0 aliphatic heterocycles. The first-order chi connectivity index (χ1) is 10.0. The Hall–Kier alpha value is -1.73. The van der Waals surface area contributed by atoms with E-state index >= 15 is 0 Å². The number of carboxylic acids is 1. The second-order valence-corrected chi connectivity index (χ2v) is 7.13. The number of rotatable bonds is 5. The van der Waals surface area contributed by atoms with E-state index in [2.05, 4.69) is 10.3 Å². The Kier molecular flexibility index (Phi) is 3.54. The van der Waals surface area contributed by atoms with Crippen molar-refractivity contribution in [2.45, 2.75) is 19.8 Å². The topological polar surface area (TPSA) is 79.3 Å². The predicted octanol–water partition coefficient (Wildman–Crippen LogP) is 2.77. The van der Waals surface area contributed by atoms with E-state index in [1.807, 2.05) is 17.5 Å². The van der Waals surface area contributed by atoms with E-state index in [1.54, 1.807) is 18.3 Å². The molecule has 7 heteroatoms. The van der Waals surface area contributed by atoms with E-state index in [-0.39, 0.29) is 12.5 Å². The quantitative estimate of drug-likeness (QED) is 0.887. The van der Waals surface area contributed by atoms with Gasteiger partial charge in [-0.05, 0) is 31.2 Å². The third-order valence-corrected chi connectivity index (χ3v) is 5.82. The molecule has 0 radical (unpaired) electrons. The maximum Gasteiger partial charge on any atom is 0.311 e. The molecular weight excluding hydrogens is 308 g/mol. The van der Waals surface area contributed by atoms with Crippen molar-refractivity contribution in [2.75, 3.05) is 6.54 Å². The Morgan fingerprint density at radius 2 is 2.24 bits per heavy atom. The molecule has 2 aromatic heterocycles. The molecule has 0 saturated heterocycles. The van der Waals surface area contributed by atoms with E-state index in [0.717, 1.165) is 9.88 Å². The summed E-state index contributed by atoms with van der Waals surface area (Å²) < 4.78 is 0. The number of aliphatic carboxylic acids is 1. The highest BCUT2D eigenvalue weighted by Gasteiger charge is 2.50. The zero-order valence-corrected chi connectivity index (χ0v) is 13.0. The van der Waals surface area contributed by atoms with Crippen molar-refractivity contribution in [3.05, 3.63) is 28.1 Å². The fraction of sp³-hybridized carbons (Fsp3) is 0.357. The molecule has 110 valence electrons. The average Bonchev–Trinajstić information content (AvgIpc) is 2.87. The first kappa shape index (κ1) is 14.2. The van der Waals surface area contributed by atoms with Gasteiger partial charge in [0, 0.05) is 6.54 Å². The van der Waals surface area contributed by atoms with Crippen LogP contribution in [0.5, 0.6) is 0 Å². The van der Waals surface area contributed by atoms with Crippen molar-refractivity contribution in [1.29, 1.82) is 0 Å². The molecule has 21 heavy (non-hydrogen) atoms. The maximum atomic E-state index is 12.2. The van der Waals surface area contributed by atoms with Gasteiger partial charge in [0.15, 0.2) is 0 Å². The fourth-order valence-electron chi connectivity index (χ4n) is 2.06. The van der Waals surface area contributed by atoms with Crippen LogP contribution in [0, 0.1) is 12.3 Å². The van der Waals surface area contributed by atoms with Crippen LogP contribution in [0.4, 0.5) is 0 Å². The Balaban J connectivity index is 1.72. The summed E-state index contributed by atoms with van der Waals surface area (Å²) in [6, 6.07) is 3.91. The molecule has 0 spiro atoms. The molecule has 3 rings (SSSR count). The summed E-state index contributed by atoms with van der Waals surface area (Å²) >= 11 is 2.92. The number of thiazole rings is 1. The Morgan fingerprint density at radius 1 is 1.48 bits per heavy atom. The number of carbonyl (C=O) groups excluding carboxylic acids is 1. The Morgan fingerprint density at radius 3 is 2.81 bits per heavy atom. The molecule has 0 bridgehead atoms. The zero-order chi connectivity index (χ0) is 15.0. The lowest BCUT2D eigenvalue weighted by atomic mass is 10.1. The van der Waals surface area contributed by atoms with Gasteiger partial charge in [0.2, 0.25) is 0 Å². The number of thiophene rings is 1. The van der Waals surface area contributed by atoms with Crippen molar-refractivity contribution in [3.63, 3.8) is 0 Å². The van der Waals surface area contributed by atoms with Crippen molar-refractivity contribution >= 4 is 34.6 Å². The monoisotopic (exact) mass is 322 g/mol. The summed E-state index contributed by atoms with van der Waals surface area (Å²) in [5.74, 6) is -1.07. The van der Waals surface area contributed by atoms with Crippen LogP contribution in [0.3, 0.4) is 0 Å². The van der Waals surface area contributed by atoms with Crippen LogP contribution >= 0.6 is 22.7 Å². The molecule has 2 aromatic rings. The van der Waals surface area contributed by atoms with E-state index in [4.69, 9.17) is 5.11 Å². The van der Waals surface area contributed by atoms with Gasteiger partial charge in [-0.3, -0.25) is 9.59 Å². The van der Waals surface area contributed by atoms with E-state index in [0.29, 0.717) is 23.4 Å². The second-order valence-electron chi connectivity index (χ2n) is 5.18. The van der Waals surface area contributed by atoms with Crippen molar-refractivity contribution in [1.82, 2.24) is 10.3 Å². The number of hydrogen-bond donors (Lipinski definition) is 2. The van der Waals surface area contributed by atoms with Gasteiger partial charge in [-0.1, -0.05) is 6.07 Å². The van der Waals surface area contributed by atoms with Gasteiger partial charge in [-0.25, -0.2) is 4.98 Å². The van der Waals surface area contributed by atoms with Gasteiger partial charge in [0.1, 0.15) is 9.88 Å². The molecule has 2 N–H and O–H groups in total. The van der Waals surface area contributed by atoms with E-state index in [9.17, 15) is 9.59 Å². The Bertz CT molecular complexity index is 687. The van der Waals surface area contributed by atoms with Gasteiger partial charge < -0.3 is 10.4 Å². The lowest BCUT2D eigenvalue weighted by Crippen LogP contribution is -2.34. The highest BCUT2D eigenvalue weighted by Crippen LogP contribution is 2.45. The minimum atomic E-state index is -0.830. The molecular formula is C14H14N2O3S2. The van der Waals surface area contributed by atoms with Crippen LogP contribution < -0.4 is 5.32 Å². The molecule has 1 aliphatic carbocycles. The number of amides is 1. The van der Waals surface area contributed by atoms with Crippen LogP contribution in [-0.2, 0) is 4.79 Å². The van der Waals surface area contributed by atoms with Crippen LogP contribution in [0.25, 0.3) is 9.88 Å². The van der Waals surface area contributed by atoms with Crippen LogP contribution in [0.2, 0.25) is 0 Å². The molecule has 1 amide bonds. The number of aryl methyl sites for hydroxylation is 1. The third-order valence-electron chi connectivity index (χ3n) is 3.63. The molecule has 1 fully saturated rings. The number of aromatic nitrogens is 1. The standard InChI is InChI=1S/C14H14N2O3S2/c1-8-10(21-12(16-8)9-3-2-6-20-9)11(17)15-7-14(4-5-14)13(18)19/h2-3,6H,4-5,7H2,1H3,(H,15,17)(H,18,19). The first-order valence-electron chi connectivity index (χ1n) is 6.55. The van der Waals surface area contributed by atoms with Crippen molar-refractivity contribution in [3.8, 4) is 9.88 Å². The van der Waals surface area contributed by atoms with E-state index < -0.39 is 11.4 Å². The number of hydrogen-bond acceptors (Lipinski definition) is 5. The summed E-state index contributed by atoms with van der Waals surface area (Å²) in [6.45, 7) is 1.99. The summed E-state index contributed by atoms with van der Waals surface area (Å²) in [7, 11) is 0. The average molecular weight is 322 g/mol. The molecule has 0 atom stereocenters. The highest BCUT2D eigenvalue weighted by atomic mass is 32.1. The molecule has 1 saturated carbocycles. The van der Waals surface area contributed by atoms with Gasteiger partial charge in [-0.2, -0.15) is 0 Å². The van der Waals surface area contributed by atoms with Crippen LogP contribution in [0.1, 0.15) is 28.2 Å². The number of carboxylic acid groups (broad SMARTS) is 1. The molecule has 0 unspecified atom stereocenters. The number of carbonyl (C=O) groups is 2. The minimum Gasteiger partial charge on any atom is -0.481 e. The SMILES string of the molecule is Cc1nc(-c2cccs2)sc1C(=O)NCC1(C(=O)O)CC1. The lowest BCUT2D eigenvalue weighted by molar-refractivity contribution is -0.143. The third kappa shape index (κ3) is 2.71. The molecule has 0 aromatic carbocycles. The normalized spacial score (nSPS) is 15.7.